The molecule has 0 atom stereocenters. The van der Waals surface area contributed by atoms with Crippen LogP contribution in [0.15, 0.2) is 59.5 Å². The predicted molar refractivity (Wildman–Crippen MR) is 91.9 cm³/mol. The maximum Gasteiger partial charge on any atom is 0.173 e. The number of anilines is 1. The Balaban J connectivity index is 1.69. The fourth-order valence-electron chi connectivity index (χ4n) is 2.63. The Labute approximate surface area is 140 Å². The predicted octanol–water partition coefficient (Wildman–Crippen LogP) is 4.40. The standard InChI is InChI=1S/C17H12BrFN4/c18-11-7-14(19)17-22-9-12(23(17)10-11)8-21-16-5-6-20-15-4-2-1-3-13(15)16/h1-7,9-10H,8H2,(H,20,21). The van der Waals surface area contributed by atoms with Crippen LogP contribution in [0, 0.1) is 5.82 Å². The van der Waals surface area contributed by atoms with Crippen molar-refractivity contribution in [3.05, 3.63) is 71.0 Å². The normalized spacial score (nSPS) is 11.2. The van der Waals surface area contributed by atoms with Crippen LogP contribution < -0.4 is 5.32 Å². The molecule has 114 valence electrons. The molecule has 0 aliphatic carbocycles. The van der Waals surface area contributed by atoms with Gasteiger partial charge in [0, 0.05) is 27.9 Å². The lowest BCUT2D eigenvalue weighted by molar-refractivity contribution is 0.628. The van der Waals surface area contributed by atoms with E-state index in [1.54, 1.807) is 16.8 Å². The maximum atomic E-state index is 13.9. The lowest BCUT2D eigenvalue weighted by atomic mass is 10.2. The van der Waals surface area contributed by atoms with Crippen molar-refractivity contribution in [3.8, 4) is 0 Å². The second-order valence-corrected chi connectivity index (χ2v) is 6.09. The van der Waals surface area contributed by atoms with Crippen molar-refractivity contribution < 1.29 is 4.39 Å². The van der Waals surface area contributed by atoms with Gasteiger partial charge in [-0.3, -0.25) is 9.38 Å². The molecule has 0 aliphatic heterocycles. The van der Waals surface area contributed by atoms with Crippen molar-refractivity contribution in [3.63, 3.8) is 0 Å². The van der Waals surface area contributed by atoms with E-state index in [0.29, 0.717) is 16.7 Å². The van der Waals surface area contributed by atoms with Crippen LogP contribution in [0.2, 0.25) is 0 Å². The summed E-state index contributed by atoms with van der Waals surface area (Å²) >= 11 is 3.31. The summed E-state index contributed by atoms with van der Waals surface area (Å²) in [6, 6.07) is 11.3. The molecule has 4 nitrogen and oxygen atoms in total. The fraction of sp³-hybridized carbons (Fsp3) is 0.0588. The zero-order valence-corrected chi connectivity index (χ0v) is 13.6. The minimum Gasteiger partial charge on any atom is -0.379 e. The summed E-state index contributed by atoms with van der Waals surface area (Å²) in [5.74, 6) is -0.347. The lowest BCUT2D eigenvalue weighted by Crippen LogP contribution is -2.03. The summed E-state index contributed by atoms with van der Waals surface area (Å²) in [5.41, 5.74) is 3.12. The molecule has 0 saturated carbocycles. The molecule has 1 aromatic carbocycles. The number of benzene rings is 1. The van der Waals surface area contributed by atoms with E-state index in [2.05, 4.69) is 31.2 Å². The molecule has 0 aliphatic rings. The Morgan fingerprint density at radius 3 is 2.96 bits per heavy atom. The Bertz CT molecular complexity index is 1010. The first-order valence-corrected chi connectivity index (χ1v) is 7.90. The van der Waals surface area contributed by atoms with Crippen LogP contribution in [0.5, 0.6) is 0 Å². The highest BCUT2D eigenvalue weighted by Crippen LogP contribution is 2.22. The highest BCUT2D eigenvalue weighted by Gasteiger charge is 2.09. The summed E-state index contributed by atoms with van der Waals surface area (Å²) in [4.78, 5) is 8.50. The summed E-state index contributed by atoms with van der Waals surface area (Å²) in [6.45, 7) is 0.533. The van der Waals surface area contributed by atoms with E-state index >= 15 is 0 Å². The number of hydrogen-bond donors (Lipinski definition) is 1. The first-order chi connectivity index (χ1) is 11.2. The maximum absolute atomic E-state index is 13.9. The number of para-hydroxylation sites is 1. The number of imidazole rings is 1. The number of aromatic nitrogens is 3. The SMILES string of the molecule is Fc1cc(Br)cn2c(CNc3ccnc4ccccc34)cnc12. The van der Waals surface area contributed by atoms with E-state index in [0.717, 1.165) is 22.3 Å². The molecule has 3 aromatic heterocycles. The number of pyridine rings is 2. The van der Waals surface area contributed by atoms with E-state index < -0.39 is 0 Å². The molecule has 0 saturated heterocycles. The minimum absolute atomic E-state index is 0.324. The first-order valence-electron chi connectivity index (χ1n) is 7.11. The Kier molecular flexibility index (Phi) is 3.46. The van der Waals surface area contributed by atoms with Crippen LogP contribution in [0.4, 0.5) is 10.1 Å². The number of halogens is 2. The quantitative estimate of drug-likeness (QED) is 0.581. The van der Waals surface area contributed by atoms with Crippen molar-refractivity contribution in [1.29, 1.82) is 0 Å². The van der Waals surface area contributed by atoms with Gasteiger partial charge in [0.2, 0.25) is 0 Å². The Morgan fingerprint density at radius 2 is 2.04 bits per heavy atom. The number of nitrogens with one attached hydrogen (secondary N) is 1. The van der Waals surface area contributed by atoms with Crippen molar-refractivity contribution in [1.82, 2.24) is 14.4 Å². The third-order valence-corrected chi connectivity index (χ3v) is 4.15. The number of nitrogens with zero attached hydrogens (tertiary/aromatic N) is 3. The fourth-order valence-corrected chi connectivity index (χ4v) is 3.04. The summed E-state index contributed by atoms with van der Waals surface area (Å²) in [6.07, 6.45) is 5.27. The van der Waals surface area contributed by atoms with Crippen molar-refractivity contribution in [2.24, 2.45) is 0 Å². The molecule has 4 aromatic rings. The van der Waals surface area contributed by atoms with Gasteiger partial charge in [0.25, 0.3) is 0 Å². The zero-order chi connectivity index (χ0) is 15.8. The van der Waals surface area contributed by atoms with Gasteiger partial charge in [0.05, 0.1) is 24.0 Å². The van der Waals surface area contributed by atoms with Gasteiger partial charge in [-0.05, 0) is 34.1 Å². The monoisotopic (exact) mass is 370 g/mol. The Hall–Kier alpha value is -2.47. The molecule has 0 unspecified atom stereocenters. The van der Waals surface area contributed by atoms with E-state index in [1.165, 1.54) is 6.07 Å². The zero-order valence-electron chi connectivity index (χ0n) is 12.0. The molecule has 1 N–H and O–H groups in total. The second-order valence-electron chi connectivity index (χ2n) is 5.18. The second kappa shape index (κ2) is 5.62. The van der Waals surface area contributed by atoms with Crippen LogP contribution in [-0.2, 0) is 6.54 Å². The molecule has 0 bridgehead atoms. The smallest absolute Gasteiger partial charge is 0.173 e. The van der Waals surface area contributed by atoms with Gasteiger partial charge in [0.15, 0.2) is 11.5 Å². The van der Waals surface area contributed by atoms with Gasteiger partial charge in [0.1, 0.15) is 0 Å². The summed E-state index contributed by atoms with van der Waals surface area (Å²) < 4.78 is 16.3. The molecule has 4 rings (SSSR count). The lowest BCUT2D eigenvalue weighted by Gasteiger charge is -2.09. The van der Waals surface area contributed by atoms with Gasteiger partial charge in [-0.15, -0.1) is 0 Å². The molecule has 0 amide bonds. The number of hydrogen-bond acceptors (Lipinski definition) is 3. The van der Waals surface area contributed by atoms with Gasteiger partial charge < -0.3 is 5.32 Å². The van der Waals surface area contributed by atoms with E-state index in [4.69, 9.17) is 0 Å². The molecule has 6 heteroatoms. The molecular weight excluding hydrogens is 359 g/mol. The molecule has 0 radical (unpaired) electrons. The van der Waals surface area contributed by atoms with Crippen LogP contribution >= 0.6 is 15.9 Å². The third kappa shape index (κ3) is 2.55. The van der Waals surface area contributed by atoms with Crippen molar-refractivity contribution in [2.75, 3.05) is 5.32 Å². The summed E-state index contributed by atoms with van der Waals surface area (Å²) in [5, 5.41) is 4.43. The van der Waals surface area contributed by atoms with E-state index in [9.17, 15) is 4.39 Å². The van der Waals surface area contributed by atoms with Gasteiger partial charge >= 0.3 is 0 Å². The van der Waals surface area contributed by atoms with Gasteiger partial charge in [-0.2, -0.15) is 0 Å². The molecule has 0 spiro atoms. The first kappa shape index (κ1) is 14.1. The number of rotatable bonds is 3. The summed E-state index contributed by atoms with van der Waals surface area (Å²) in [7, 11) is 0. The van der Waals surface area contributed by atoms with Gasteiger partial charge in [-0.1, -0.05) is 18.2 Å². The van der Waals surface area contributed by atoms with Crippen LogP contribution in [-0.4, -0.2) is 14.4 Å². The Morgan fingerprint density at radius 1 is 1.17 bits per heavy atom. The van der Waals surface area contributed by atoms with E-state index in [1.807, 2.05) is 36.5 Å². The molecule has 0 fully saturated rings. The third-order valence-electron chi connectivity index (χ3n) is 3.71. The van der Waals surface area contributed by atoms with Crippen LogP contribution in [0.1, 0.15) is 5.69 Å². The van der Waals surface area contributed by atoms with Crippen LogP contribution in [0.3, 0.4) is 0 Å². The van der Waals surface area contributed by atoms with Crippen molar-refractivity contribution in [2.45, 2.75) is 6.54 Å². The van der Waals surface area contributed by atoms with Gasteiger partial charge in [-0.25, -0.2) is 9.37 Å². The molecule has 23 heavy (non-hydrogen) atoms. The topological polar surface area (TPSA) is 42.2 Å². The number of fused-ring (bicyclic) bond motifs is 2. The molecular formula is C17H12BrFN4. The average Bonchev–Trinajstić information content (AvgIpc) is 2.96. The minimum atomic E-state index is -0.347. The van der Waals surface area contributed by atoms with Crippen molar-refractivity contribution >= 4 is 38.2 Å². The molecule has 3 heterocycles. The van der Waals surface area contributed by atoms with Crippen LogP contribution in [0.25, 0.3) is 16.6 Å². The average molecular weight is 371 g/mol. The highest BCUT2D eigenvalue weighted by atomic mass is 79.9. The largest absolute Gasteiger partial charge is 0.379 e. The van der Waals surface area contributed by atoms with E-state index in [-0.39, 0.29) is 5.82 Å². The highest BCUT2D eigenvalue weighted by molar-refractivity contribution is 9.10.